The first-order valence-corrected chi connectivity index (χ1v) is 6.65. The number of fused-ring (bicyclic) bond motifs is 1. The molecule has 0 aliphatic heterocycles. The Hall–Kier alpha value is -2.62. The second kappa shape index (κ2) is 6.70. The lowest BCUT2D eigenvalue weighted by molar-refractivity contribution is -0.142. The molecule has 0 atom stereocenters. The summed E-state index contributed by atoms with van der Waals surface area (Å²) in [5.74, 6) is -0.870. The van der Waals surface area contributed by atoms with E-state index in [9.17, 15) is 9.59 Å². The van der Waals surface area contributed by atoms with Gasteiger partial charge in [-0.3, -0.25) is 4.79 Å². The van der Waals surface area contributed by atoms with Gasteiger partial charge in [0.2, 0.25) is 0 Å². The number of benzene rings is 2. The summed E-state index contributed by atoms with van der Waals surface area (Å²) in [5.41, 5.74) is 1.53. The van der Waals surface area contributed by atoms with E-state index in [0.29, 0.717) is 5.69 Å². The number of allylic oxidation sites excluding steroid dienone is 1. The maximum atomic E-state index is 11.8. The quantitative estimate of drug-likeness (QED) is 0.692. The number of anilines is 1. The Balaban J connectivity index is 2.02. The lowest BCUT2D eigenvalue weighted by atomic mass is 10.1. The van der Waals surface area contributed by atoms with Gasteiger partial charge < -0.3 is 10.1 Å². The van der Waals surface area contributed by atoms with E-state index in [2.05, 4.69) is 5.32 Å². The minimum Gasteiger partial charge on any atom is -0.452 e. The topological polar surface area (TPSA) is 55.4 Å². The van der Waals surface area contributed by atoms with Gasteiger partial charge in [0.05, 0.1) is 0 Å². The minimum atomic E-state index is -0.511. The molecule has 4 nitrogen and oxygen atoms in total. The first-order chi connectivity index (χ1) is 10.1. The highest BCUT2D eigenvalue weighted by atomic mass is 16.5. The molecule has 0 aliphatic carbocycles. The van der Waals surface area contributed by atoms with Crippen molar-refractivity contribution in [1.82, 2.24) is 0 Å². The molecule has 0 aliphatic rings. The number of hydrogen-bond donors (Lipinski definition) is 1. The second-order valence-corrected chi connectivity index (χ2v) is 4.90. The fourth-order valence-corrected chi connectivity index (χ4v) is 1.93. The monoisotopic (exact) mass is 283 g/mol. The van der Waals surface area contributed by atoms with Gasteiger partial charge in [-0.1, -0.05) is 42.0 Å². The predicted molar refractivity (Wildman–Crippen MR) is 83.0 cm³/mol. The van der Waals surface area contributed by atoms with Gasteiger partial charge in [-0.05, 0) is 25.3 Å². The Bertz CT molecular complexity index is 695. The molecule has 0 saturated carbocycles. The van der Waals surface area contributed by atoms with Crippen LogP contribution in [0.15, 0.2) is 54.1 Å². The molecule has 0 heterocycles. The maximum Gasteiger partial charge on any atom is 0.331 e. The van der Waals surface area contributed by atoms with E-state index in [1.807, 2.05) is 42.5 Å². The molecule has 108 valence electrons. The molecule has 2 aromatic rings. The zero-order valence-corrected chi connectivity index (χ0v) is 12.1. The Morgan fingerprint density at radius 3 is 2.57 bits per heavy atom. The van der Waals surface area contributed by atoms with Crippen LogP contribution in [0.3, 0.4) is 0 Å². The van der Waals surface area contributed by atoms with Crippen molar-refractivity contribution >= 4 is 28.3 Å². The van der Waals surface area contributed by atoms with Crippen molar-refractivity contribution < 1.29 is 14.3 Å². The van der Waals surface area contributed by atoms with Crippen LogP contribution in [0, 0.1) is 0 Å². The zero-order valence-electron chi connectivity index (χ0n) is 12.1. The number of carbonyl (C=O) groups excluding carboxylic acids is 2. The van der Waals surface area contributed by atoms with Crippen molar-refractivity contribution in [2.24, 2.45) is 0 Å². The highest BCUT2D eigenvalue weighted by Crippen LogP contribution is 2.22. The van der Waals surface area contributed by atoms with Gasteiger partial charge in [0.1, 0.15) is 0 Å². The van der Waals surface area contributed by atoms with Crippen LogP contribution in [0.5, 0.6) is 0 Å². The zero-order chi connectivity index (χ0) is 15.2. The van der Waals surface area contributed by atoms with Gasteiger partial charge in [0, 0.05) is 17.1 Å². The van der Waals surface area contributed by atoms with Gasteiger partial charge in [-0.25, -0.2) is 4.79 Å². The highest BCUT2D eigenvalue weighted by molar-refractivity contribution is 6.02. The summed E-state index contributed by atoms with van der Waals surface area (Å²) in [6.45, 7) is 3.28. The van der Waals surface area contributed by atoms with E-state index in [-0.39, 0.29) is 12.5 Å². The SMILES string of the molecule is CC(C)=CC(=O)OCC(=O)Nc1cccc2ccccc12. The van der Waals surface area contributed by atoms with Crippen molar-refractivity contribution in [2.75, 3.05) is 11.9 Å². The fourth-order valence-electron chi connectivity index (χ4n) is 1.93. The smallest absolute Gasteiger partial charge is 0.331 e. The molecule has 1 amide bonds. The van der Waals surface area contributed by atoms with Crippen LogP contribution >= 0.6 is 0 Å². The number of rotatable bonds is 4. The average Bonchev–Trinajstić information content (AvgIpc) is 2.45. The van der Waals surface area contributed by atoms with Crippen LogP contribution in [-0.4, -0.2) is 18.5 Å². The number of esters is 1. The molecule has 2 aromatic carbocycles. The first kappa shape index (κ1) is 14.8. The normalized spacial score (nSPS) is 10.0. The van der Waals surface area contributed by atoms with Crippen molar-refractivity contribution in [3.05, 3.63) is 54.1 Å². The van der Waals surface area contributed by atoms with E-state index >= 15 is 0 Å². The second-order valence-electron chi connectivity index (χ2n) is 4.90. The van der Waals surface area contributed by atoms with Crippen molar-refractivity contribution in [3.8, 4) is 0 Å². The van der Waals surface area contributed by atoms with Gasteiger partial charge in [0.15, 0.2) is 6.61 Å². The van der Waals surface area contributed by atoms with Crippen LogP contribution in [0.4, 0.5) is 5.69 Å². The number of carbonyl (C=O) groups is 2. The summed E-state index contributed by atoms with van der Waals surface area (Å²) >= 11 is 0. The maximum absolute atomic E-state index is 11.8. The summed E-state index contributed by atoms with van der Waals surface area (Å²) < 4.78 is 4.87. The van der Waals surface area contributed by atoms with Crippen LogP contribution in [0.2, 0.25) is 0 Å². The highest BCUT2D eigenvalue weighted by Gasteiger charge is 2.08. The van der Waals surface area contributed by atoms with Crippen LogP contribution in [0.1, 0.15) is 13.8 Å². The van der Waals surface area contributed by atoms with E-state index in [1.54, 1.807) is 13.8 Å². The third kappa shape index (κ3) is 4.18. The van der Waals surface area contributed by atoms with Crippen LogP contribution < -0.4 is 5.32 Å². The van der Waals surface area contributed by atoms with Crippen LogP contribution in [0.25, 0.3) is 10.8 Å². The fraction of sp³-hybridized carbons (Fsp3) is 0.176. The summed E-state index contributed by atoms with van der Waals surface area (Å²) in [7, 11) is 0. The Morgan fingerprint density at radius 2 is 1.81 bits per heavy atom. The minimum absolute atomic E-state index is 0.300. The molecule has 21 heavy (non-hydrogen) atoms. The standard InChI is InChI=1S/C17H17NO3/c1-12(2)10-17(20)21-11-16(19)18-15-9-5-7-13-6-3-4-8-14(13)15/h3-10H,11H2,1-2H3,(H,18,19). The molecule has 0 saturated heterocycles. The lowest BCUT2D eigenvalue weighted by Gasteiger charge is -2.08. The Kier molecular flexibility index (Phi) is 4.72. The van der Waals surface area contributed by atoms with E-state index in [0.717, 1.165) is 16.3 Å². The van der Waals surface area contributed by atoms with Crippen molar-refractivity contribution in [2.45, 2.75) is 13.8 Å². The predicted octanol–water partition coefficient (Wildman–Crippen LogP) is 3.29. The summed E-state index contributed by atoms with van der Waals surface area (Å²) in [6, 6.07) is 13.4. The molecule has 4 heteroatoms. The molecule has 0 aromatic heterocycles. The largest absolute Gasteiger partial charge is 0.452 e. The molecule has 1 N–H and O–H groups in total. The van der Waals surface area contributed by atoms with Gasteiger partial charge in [-0.2, -0.15) is 0 Å². The molecule has 0 fully saturated rings. The molecule has 0 radical (unpaired) electrons. The molecule has 0 unspecified atom stereocenters. The number of ether oxygens (including phenoxy) is 1. The van der Waals surface area contributed by atoms with E-state index in [4.69, 9.17) is 4.74 Å². The number of amides is 1. The van der Waals surface area contributed by atoms with Crippen molar-refractivity contribution in [3.63, 3.8) is 0 Å². The molecule has 2 rings (SSSR count). The number of nitrogens with one attached hydrogen (secondary N) is 1. The van der Waals surface area contributed by atoms with Gasteiger partial charge >= 0.3 is 5.97 Å². The third-order valence-electron chi connectivity index (χ3n) is 2.82. The third-order valence-corrected chi connectivity index (χ3v) is 2.82. The van der Waals surface area contributed by atoms with E-state index in [1.165, 1.54) is 6.08 Å². The van der Waals surface area contributed by atoms with E-state index < -0.39 is 5.97 Å². The van der Waals surface area contributed by atoms with Crippen LogP contribution in [-0.2, 0) is 14.3 Å². The van der Waals surface area contributed by atoms with Crippen molar-refractivity contribution in [1.29, 1.82) is 0 Å². The Morgan fingerprint density at radius 1 is 1.10 bits per heavy atom. The Labute approximate surface area is 123 Å². The molecular formula is C17H17NO3. The van der Waals surface area contributed by atoms with Gasteiger partial charge in [-0.15, -0.1) is 0 Å². The number of hydrogen-bond acceptors (Lipinski definition) is 3. The molecule has 0 bridgehead atoms. The molecule has 0 spiro atoms. The summed E-state index contributed by atoms with van der Waals surface area (Å²) in [4.78, 5) is 23.2. The van der Waals surface area contributed by atoms with Gasteiger partial charge in [0.25, 0.3) is 5.91 Å². The summed E-state index contributed by atoms with van der Waals surface area (Å²) in [6.07, 6.45) is 1.35. The lowest BCUT2D eigenvalue weighted by Crippen LogP contribution is -2.20. The summed E-state index contributed by atoms with van der Waals surface area (Å²) in [5, 5.41) is 4.74. The average molecular weight is 283 g/mol. The first-order valence-electron chi connectivity index (χ1n) is 6.65. The molecular weight excluding hydrogens is 266 g/mol.